The Balaban J connectivity index is 2.40. The molecular formula is C24H34N2O3S. The zero-order valence-electron chi connectivity index (χ0n) is 19.1. The van der Waals surface area contributed by atoms with Crippen LogP contribution in [-0.4, -0.2) is 26.6 Å². The van der Waals surface area contributed by atoms with Gasteiger partial charge < -0.3 is 5.32 Å². The van der Waals surface area contributed by atoms with Crippen LogP contribution in [0.4, 0.5) is 5.69 Å². The van der Waals surface area contributed by atoms with E-state index in [0.29, 0.717) is 18.5 Å². The molecule has 0 bridgehead atoms. The van der Waals surface area contributed by atoms with Crippen molar-refractivity contribution in [2.24, 2.45) is 0 Å². The van der Waals surface area contributed by atoms with E-state index in [1.54, 1.807) is 6.07 Å². The van der Waals surface area contributed by atoms with Crippen LogP contribution in [-0.2, 0) is 14.8 Å². The molecular weight excluding hydrogens is 396 g/mol. The lowest BCUT2D eigenvalue weighted by Crippen LogP contribution is -2.50. The van der Waals surface area contributed by atoms with Crippen molar-refractivity contribution in [3.8, 4) is 0 Å². The second-order valence-corrected chi connectivity index (χ2v) is 9.94. The summed E-state index contributed by atoms with van der Waals surface area (Å²) < 4.78 is 26.6. The minimum absolute atomic E-state index is 0.173. The predicted octanol–water partition coefficient (Wildman–Crippen LogP) is 4.73. The molecule has 0 unspecified atom stereocenters. The Kier molecular flexibility index (Phi) is 7.70. The molecule has 0 aliphatic rings. The van der Waals surface area contributed by atoms with Gasteiger partial charge in [0.15, 0.2) is 0 Å². The molecule has 2 rings (SSSR count). The second-order valence-electron chi connectivity index (χ2n) is 8.08. The van der Waals surface area contributed by atoms with Gasteiger partial charge in [-0.3, -0.25) is 9.10 Å². The normalized spacial score (nSPS) is 13.6. The molecule has 0 heterocycles. The number of hydrogen-bond acceptors (Lipinski definition) is 3. The molecule has 0 radical (unpaired) electrons. The Hall–Kier alpha value is -2.34. The van der Waals surface area contributed by atoms with Gasteiger partial charge in [0.25, 0.3) is 0 Å². The average Bonchev–Trinajstić information content (AvgIpc) is 2.65. The van der Waals surface area contributed by atoms with Gasteiger partial charge in [-0.1, -0.05) is 43.7 Å². The van der Waals surface area contributed by atoms with E-state index in [1.807, 2.05) is 65.8 Å². The second kappa shape index (κ2) is 9.65. The van der Waals surface area contributed by atoms with Crippen LogP contribution < -0.4 is 9.62 Å². The zero-order chi connectivity index (χ0) is 22.6. The highest BCUT2D eigenvalue weighted by atomic mass is 32.2. The Bertz CT molecular complexity index is 1020. The van der Waals surface area contributed by atoms with Crippen LogP contribution in [0.15, 0.2) is 36.4 Å². The first-order chi connectivity index (χ1) is 14.0. The summed E-state index contributed by atoms with van der Waals surface area (Å²) >= 11 is 0. The highest BCUT2D eigenvalue weighted by Crippen LogP contribution is 2.27. The fourth-order valence-electron chi connectivity index (χ4n) is 3.81. The third-order valence-electron chi connectivity index (χ3n) is 5.60. The van der Waals surface area contributed by atoms with Gasteiger partial charge in [0.1, 0.15) is 6.04 Å². The number of sulfonamides is 1. The van der Waals surface area contributed by atoms with Crippen LogP contribution in [0.1, 0.15) is 60.5 Å². The SMILES string of the molecule is CC[C@H](NC(=O)[C@H](CC)N(c1ccc(C)c(C)c1)S(C)(=O)=O)c1ccc(C)cc1C. The van der Waals surface area contributed by atoms with Gasteiger partial charge in [-0.25, -0.2) is 8.42 Å². The van der Waals surface area contributed by atoms with Gasteiger partial charge in [0.2, 0.25) is 15.9 Å². The van der Waals surface area contributed by atoms with Crippen molar-refractivity contribution in [1.29, 1.82) is 0 Å². The summed E-state index contributed by atoms with van der Waals surface area (Å²) in [5.74, 6) is -0.284. The Labute approximate surface area is 181 Å². The topological polar surface area (TPSA) is 66.5 Å². The van der Waals surface area contributed by atoms with Crippen LogP contribution in [0.25, 0.3) is 0 Å². The van der Waals surface area contributed by atoms with Crippen LogP contribution in [0.5, 0.6) is 0 Å². The highest BCUT2D eigenvalue weighted by molar-refractivity contribution is 7.92. The van der Waals surface area contributed by atoms with Crippen LogP contribution in [0, 0.1) is 27.7 Å². The number of benzene rings is 2. The fourth-order valence-corrected chi connectivity index (χ4v) is 5.01. The van der Waals surface area contributed by atoms with Crippen molar-refractivity contribution < 1.29 is 13.2 Å². The largest absolute Gasteiger partial charge is 0.347 e. The summed E-state index contributed by atoms with van der Waals surface area (Å²) in [6.45, 7) is 11.8. The predicted molar refractivity (Wildman–Crippen MR) is 124 cm³/mol. The van der Waals surface area contributed by atoms with E-state index < -0.39 is 16.1 Å². The average molecular weight is 431 g/mol. The van der Waals surface area contributed by atoms with E-state index in [2.05, 4.69) is 11.4 Å². The maximum atomic E-state index is 13.3. The lowest BCUT2D eigenvalue weighted by Gasteiger charge is -2.32. The molecule has 0 saturated carbocycles. The third-order valence-corrected chi connectivity index (χ3v) is 6.78. The molecule has 0 fully saturated rings. The maximum absolute atomic E-state index is 13.3. The Morgan fingerprint density at radius 3 is 2.10 bits per heavy atom. The number of carbonyl (C=O) groups excluding carboxylic acids is 1. The minimum Gasteiger partial charge on any atom is -0.347 e. The van der Waals surface area contributed by atoms with E-state index in [1.165, 1.54) is 9.87 Å². The number of hydrogen-bond donors (Lipinski definition) is 1. The van der Waals surface area contributed by atoms with Gasteiger partial charge in [-0.2, -0.15) is 0 Å². The number of rotatable bonds is 8. The molecule has 0 spiro atoms. The minimum atomic E-state index is -3.65. The Morgan fingerprint density at radius 1 is 0.933 bits per heavy atom. The van der Waals surface area contributed by atoms with Crippen LogP contribution in [0.3, 0.4) is 0 Å². The Morgan fingerprint density at radius 2 is 1.60 bits per heavy atom. The van der Waals surface area contributed by atoms with Gasteiger partial charge >= 0.3 is 0 Å². The molecule has 0 aliphatic heterocycles. The zero-order valence-corrected chi connectivity index (χ0v) is 19.9. The molecule has 2 aromatic carbocycles. The first-order valence-corrected chi connectivity index (χ1v) is 12.3. The number of aryl methyl sites for hydroxylation is 4. The number of anilines is 1. The van der Waals surface area contributed by atoms with Crippen molar-refractivity contribution in [3.05, 3.63) is 64.2 Å². The molecule has 164 valence electrons. The molecule has 5 nitrogen and oxygen atoms in total. The third kappa shape index (κ3) is 5.42. The number of carbonyl (C=O) groups is 1. The van der Waals surface area contributed by atoms with Crippen LogP contribution >= 0.6 is 0 Å². The molecule has 1 amide bonds. The molecule has 1 N–H and O–H groups in total. The number of nitrogens with zero attached hydrogens (tertiary/aromatic N) is 1. The molecule has 0 saturated heterocycles. The summed E-state index contributed by atoms with van der Waals surface area (Å²) in [6, 6.07) is 10.7. The first-order valence-electron chi connectivity index (χ1n) is 10.4. The smallest absolute Gasteiger partial charge is 0.244 e. The lowest BCUT2D eigenvalue weighted by atomic mass is 9.97. The number of nitrogens with one attached hydrogen (secondary N) is 1. The molecule has 0 aromatic heterocycles. The standard InChI is InChI=1S/C24H34N2O3S/c1-8-22(21-13-10-16(3)14-19(21)6)25-24(27)23(9-2)26(30(7,28)29)20-12-11-17(4)18(5)15-20/h10-15,22-23H,8-9H2,1-7H3,(H,25,27)/t22-,23-/m0/s1. The van der Waals surface area contributed by atoms with E-state index in [-0.39, 0.29) is 11.9 Å². The summed E-state index contributed by atoms with van der Waals surface area (Å²) in [6.07, 6.45) is 2.24. The quantitative estimate of drug-likeness (QED) is 0.658. The summed E-state index contributed by atoms with van der Waals surface area (Å²) in [7, 11) is -3.65. The summed E-state index contributed by atoms with van der Waals surface area (Å²) in [5.41, 5.74) is 5.92. The lowest BCUT2D eigenvalue weighted by molar-refractivity contribution is -0.123. The van der Waals surface area contributed by atoms with E-state index in [0.717, 1.165) is 28.5 Å². The van der Waals surface area contributed by atoms with Crippen LogP contribution in [0.2, 0.25) is 0 Å². The highest BCUT2D eigenvalue weighted by Gasteiger charge is 2.32. The van der Waals surface area contributed by atoms with E-state index in [4.69, 9.17) is 0 Å². The van der Waals surface area contributed by atoms with E-state index >= 15 is 0 Å². The van der Waals surface area contributed by atoms with Gasteiger partial charge in [0, 0.05) is 0 Å². The van der Waals surface area contributed by atoms with Gasteiger partial charge in [0.05, 0.1) is 18.0 Å². The van der Waals surface area contributed by atoms with Gasteiger partial charge in [-0.15, -0.1) is 0 Å². The summed E-state index contributed by atoms with van der Waals surface area (Å²) in [5, 5.41) is 3.10. The molecule has 6 heteroatoms. The van der Waals surface area contributed by atoms with Crippen molar-refractivity contribution in [3.63, 3.8) is 0 Å². The van der Waals surface area contributed by atoms with Crippen molar-refractivity contribution in [2.75, 3.05) is 10.6 Å². The van der Waals surface area contributed by atoms with E-state index in [9.17, 15) is 13.2 Å². The first kappa shape index (κ1) is 23.9. The fraction of sp³-hybridized carbons (Fsp3) is 0.458. The molecule has 2 aromatic rings. The molecule has 30 heavy (non-hydrogen) atoms. The van der Waals surface area contributed by atoms with Crippen molar-refractivity contribution in [1.82, 2.24) is 5.32 Å². The van der Waals surface area contributed by atoms with Crippen molar-refractivity contribution in [2.45, 2.75) is 66.5 Å². The summed E-state index contributed by atoms with van der Waals surface area (Å²) in [4.78, 5) is 13.3. The maximum Gasteiger partial charge on any atom is 0.244 e. The van der Waals surface area contributed by atoms with Crippen molar-refractivity contribution >= 4 is 21.6 Å². The number of amides is 1. The molecule has 0 aliphatic carbocycles. The monoisotopic (exact) mass is 430 g/mol. The molecule has 2 atom stereocenters. The van der Waals surface area contributed by atoms with Gasteiger partial charge in [-0.05, 0) is 74.9 Å².